The van der Waals surface area contributed by atoms with E-state index in [4.69, 9.17) is 4.74 Å². The summed E-state index contributed by atoms with van der Waals surface area (Å²) in [6.07, 6.45) is 3.69. The van der Waals surface area contributed by atoms with E-state index in [9.17, 15) is 0 Å². The number of benzene rings is 1. The third-order valence-electron chi connectivity index (χ3n) is 4.28. The SMILES string of the molecule is CCOc1ccnc(-[n+]2cccc3cccc(C(C)(C)C(S)S)c32)n1.[Cl-]. The summed E-state index contributed by atoms with van der Waals surface area (Å²) in [6.45, 7) is 6.78. The zero-order valence-corrected chi connectivity index (χ0v) is 17.5. The van der Waals surface area contributed by atoms with Gasteiger partial charge in [0.2, 0.25) is 0 Å². The Bertz CT molecular complexity index is 898. The van der Waals surface area contributed by atoms with Crippen molar-refractivity contribution in [2.45, 2.75) is 30.8 Å². The van der Waals surface area contributed by atoms with Gasteiger partial charge in [-0.25, -0.2) is 0 Å². The molecule has 0 N–H and O–H groups in total. The number of thiol groups is 2. The fraction of sp³-hybridized carbons (Fsp3) is 0.316. The molecule has 0 radical (unpaired) electrons. The van der Waals surface area contributed by atoms with Gasteiger partial charge in [-0.1, -0.05) is 37.0 Å². The molecule has 2 heterocycles. The maximum absolute atomic E-state index is 5.53. The monoisotopic (exact) mass is 407 g/mol. The first-order valence-electron chi connectivity index (χ1n) is 8.21. The second-order valence-electron chi connectivity index (χ2n) is 6.34. The van der Waals surface area contributed by atoms with Crippen molar-refractivity contribution in [2.24, 2.45) is 0 Å². The molecule has 138 valence electrons. The van der Waals surface area contributed by atoms with Gasteiger partial charge >= 0.3 is 5.95 Å². The van der Waals surface area contributed by atoms with Crippen LogP contribution in [0.5, 0.6) is 5.88 Å². The Labute approximate surface area is 171 Å². The zero-order chi connectivity index (χ0) is 18.0. The average molecular weight is 408 g/mol. The quantitative estimate of drug-likeness (QED) is 0.373. The van der Waals surface area contributed by atoms with E-state index in [1.165, 1.54) is 0 Å². The van der Waals surface area contributed by atoms with Gasteiger partial charge in [0.25, 0.3) is 5.88 Å². The number of para-hydroxylation sites is 1. The molecule has 0 amide bonds. The van der Waals surface area contributed by atoms with E-state index < -0.39 is 0 Å². The van der Waals surface area contributed by atoms with Gasteiger partial charge in [-0.2, -0.15) is 29.8 Å². The van der Waals surface area contributed by atoms with Crippen LogP contribution in [0.3, 0.4) is 0 Å². The number of aromatic nitrogens is 3. The normalized spacial score (nSPS) is 11.5. The van der Waals surface area contributed by atoms with E-state index in [1.54, 1.807) is 12.3 Å². The van der Waals surface area contributed by atoms with Crippen LogP contribution in [0.4, 0.5) is 0 Å². The fourth-order valence-electron chi connectivity index (χ4n) is 2.77. The molecule has 0 unspecified atom stereocenters. The molecule has 0 aliphatic carbocycles. The maximum Gasteiger partial charge on any atom is 0.441 e. The van der Waals surface area contributed by atoms with Crippen molar-refractivity contribution in [1.82, 2.24) is 9.97 Å². The molecule has 7 heteroatoms. The third kappa shape index (κ3) is 3.92. The summed E-state index contributed by atoms with van der Waals surface area (Å²) in [5, 5.41) is 1.11. The molecule has 0 bridgehead atoms. The maximum atomic E-state index is 5.53. The van der Waals surface area contributed by atoms with E-state index >= 15 is 0 Å². The minimum Gasteiger partial charge on any atom is -1.00 e. The number of hydrogen-bond donors (Lipinski definition) is 2. The van der Waals surface area contributed by atoms with Crippen LogP contribution in [0.25, 0.3) is 16.9 Å². The van der Waals surface area contributed by atoms with Gasteiger partial charge < -0.3 is 17.1 Å². The smallest absolute Gasteiger partial charge is 0.441 e. The van der Waals surface area contributed by atoms with Crippen LogP contribution in [0.2, 0.25) is 0 Å². The minimum atomic E-state index is -0.244. The number of ether oxygens (including phenoxy) is 1. The van der Waals surface area contributed by atoms with Crippen molar-refractivity contribution < 1.29 is 21.7 Å². The van der Waals surface area contributed by atoms with Crippen molar-refractivity contribution in [3.05, 3.63) is 54.4 Å². The van der Waals surface area contributed by atoms with Crippen LogP contribution in [0, 0.1) is 0 Å². The number of fused-ring (bicyclic) bond motifs is 1. The second-order valence-corrected chi connectivity index (χ2v) is 7.79. The highest BCUT2D eigenvalue weighted by Gasteiger charge is 2.31. The molecule has 0 aliphatic heterocycles. The van der Waals surface area contributed by atoms with Crippen LogP contribution in [-0.4, -0.2) is 21.2 Å². The Morgan fingerprint density at radius 3 is 2.58 bits per heavy atom. The fourth-order valence-corrected chi connectivity index (χ4v) is 3.05. The van der Waals surface area contributed by atoms with E-state index in [0.717, 1.165) is 16.5 Å². The number of halogens is 1. The first kappa shape index (κ1) is 20.8. The topological polar surface area (TPSA) is 38.9 Å². The number of pyridine rings is 1. The molecule has 26 heavy (non-hydrogen) atoms. The first-order chi connectivity index (χ1) is 11.9. The predicted molar refractivity (Wildman–Crippen MR) is 107 cm³/mol. The molecular weight excluding hydrogens is 386 g/mol. The highest BCUT2D eigenvalue weighted by Crippen LogP contribution is 2.35. The van der Waals surface area contributed by atoms with E-state index in [-0.39, 0.29) is 22.4 Å². The molecule has 0 spiro atoms. The molecule has 4 nitrogen and oxygen atoms in total. The van der Waals surface area contributed by atoms with Gasteiger partial charge in [-0.15, -0.1) is 0 Å². The lowest BCUT2D eigenvalue weighted by atomic mass is 9.84. The van der Waals surface area contributed by atoms with E-state index in [1.807, 2.05) is 23.8 Å². The minimum absolute atomic E-state index is 0. The zero-order valence-electron chi connectivity index (χ0n) is 14.9. The standard InChI is InChI=1S/C19H21N3OS2.ClH/c1-4-23-15-10-11-20-18(21-15)22-12-6-8-13-7-5-9-14(16(13)22)19(2,3)17(24)25;/h5-12,17H,4H2,1-3H3,(H-,24,25);1H. The summed E-state index contributed by atoms with van der Waals surface area (Å²) in [4.78, 5) is 8.99. The highest BCUT2D eigenvalue weighted by atomic mass is 35.5. The van der Waals surface area contributed by atoms with Crippen molar-refractivity contribution in [1.29, 1.82) is 0 Å². The number of hydrogen-bond acceptors (Lipinski definition) is 5. The lowest BCUT2D eigenvalue weighted by molar-refractivity contribution is -0.576. The predicted octanol–water partition coefficient (Wildman–Crippen LogP) is 0.772. The summed E-state index contributed by atoms with van der Waals surface area (Å²) in [5.41, 5.74) is 1.95. The van der Waals surface area contributed by atoms with Crippen LogP contribution < -0.4 is 21.7 Å². The second kappa shape index (κ2) is 8.46. The van der Waals surface area contributed by atoms with Gasteiger partial charge in [0.15, 0.2) is 0 Å². The lowest BCUT2D eigenvalue weighted by Crippen LogP contribution is -3.00. The molecule has 0 saturated heterocycles. The molecule has 0 aliphatic rings. The van der Waals surface area contributed by atoms with Crippen molar-refractivity contribution in [3.8, 4) is 11.8 Å². The Balaban J connectivity index is 0.00000243. The molecular formula is C19H22ClN3OS2. The van der Waals surface area contributed by atoms with Crippen LogP contribution in [0.1, 0.15) is 26.3 Å². The Hall–Kier alpha value is -1.50. The summed E-state index contributed by atoms with van der Waals surface area (Å²) in [5.74, 6) is 1.14. The van der Waals surface area contributed by atoms with E-state index in [2.05, 4.69) is 73.3 Å². The molecule has 2 aromatic heterocycles. The van der Waals surface area contributed by atoms with E-state index in [0.29, 0.717) is 18.4 Å². The van der Waals surface area contributed by atoms with Crippen LogP contribution in [0.15, 0.2) is 48.8 Å². The Kier molecular flexibility index (Phi) is 6.77. The van der Waals surface area contributed by atoms with Crippen molar-refractivity contribution in [2.75, 3.05) is 6.61 Å². The summed E-state index contributed by atoms with van der Waals surface area (Å²) < 4.78 is 7.42. The van der Waals surface area contributed by atoms with Crippen molar-refractivity contribution in [3.63, 3.8) is 0 Å². The van der Waals surface area contributed by atoms with Gasteiger partial charge in [0, 0.05) is 10.8 Å². The summed E-state index contributed by atoms with van der Waals surface area (Å²) in [6, 6.07) is 12.1. The van der Waals surface area contributed by atoms with Gasteiger partial charge in [-0.05, 0) is 29.6 Å². The number of rotatable bonds is 5. The lowest BCUT2D eigenvalue weighted by Gasteiger charge is -2.29. The summed E-state index contributed by atoms with van der Waals surface area (Å²) in [7, 11) is 0. The van der Waals surface area contributed by atoms with Gasteiger partial charge in [-0.3, -0.25) is 0 Å². The molecule has 1 aromatic carbocycles. The van der Waals surface area contributed by atoms with Crippen LogP contribution >= 0.6 is 25.3 Å². The molecule has 3 rings (SSSR count). The van der Waals surface area contributed by atoms with Gasteiger partial charge in [0.1, 0.15) is 11.7 Å². The first-order valence-corrected chi connectivity index (χ1v) is 9.24. The Morgan fingerprint density at radius 1 is 1.15 bits per heavy atom. The average Bonchev–Trinajstić information content (AvgIpc) is 2.61. The van der Waals surface area contributed by atoms with Crippen LogP contribution in [-0.2, 0) is 5.41 Å². The summed E-state index contributed by atoms with van der Waals surface area (Å²) >= 11 is 9.17. The molecule has 0 atom stereocenters. The molecule has 0 fully saturated rings. The largest absolute Gasteiger partial charge is 1.00 e. The van der Waals surface area contributed by atoms with Gasteiger partial charge in [0.05, 0.1) is 23.5 Å². The Morgan fingerprint density at radius 2 is 1.88 bits per heavy atom. The molecule has 3 aromatic rings. The van der Waals surface area contributed by atoms with Crippen molar-refractivity contribution >= 4 is 36.2 Å². The number of nitrogens with zero attached hydrogens (tertiary/aromatic N) is 3. The molecule has 0 saturated carbocycles. The highest BCUT2D eigenvalue weighted by molar-refractivity contribution is 7.99. The third-order valence-corrected chi connectivity index (χ3v) is 5.57.